The lowest BCUT2D eigenvalue weighted by atomic mass is 10.1. The summed E-state index contributed by atoms with van der Waals surface area (Å²) in [6.45, 7) is 0.0861. The van der Waals surface area contributed by atoms with Gasteiger partial charge in [0.15, 0.2) is 0 Å². The van der Waals surface area contributed by atoms with Crippen LogP contribution in [0.4, 0.5) is 18.0 Å². The van der Waals surface area contributed by atoms with Gasteiger partial charge in [-0.1, -0.05) is 23.4 Å². The molecule has 0 aliphatic carbocycles. The highest BCUT2D eigenvalue weighted by Gasteiger charge is 2.32. The Bertz CT molecular complexity index is 918. The highest BCUT2D eigenvalue weighted by molar-refractivity contribution is 8.15. The predicted molar refractivity (Wildman–Crippen MR) is 103 cm³/mol. The Balaban J connectivity index is 1.39. The molecule has 1 unspecified atom stereocenters. The second-order valence-electron chi connectivity index (χ2n) is 6.16. The lowest BCUT2D eigenvalue weighted by molar-refractivity contribution is -0.137. The Kier molecular flexibility index (Phi) is 6.93. The van der Waals surface area contributed by atoms with Crippen LogP contribution in [0.15, 0.2) is 47.8 Å². The topological polar surface area (TPSA) is 89.9 Å². The lowest BCUT2D eigenvalue weighted by Crippen LogP contribution is -2.28. The van der Waals surface area contributed by atoms with Crippen LogP contribution < -0.4 is 10.1 Å². The standard InChI is InChI=1S/C19H16F3N3O4S/c20-19(21,22)14-4-1-13(2-5-14)10-29-24-8-7-12-3-6-16(23-9-12)28-11-15-17(26)25-18(27)30-15/h1-6,8-9,15H,7,10-11H2,(H,25,26,27). The first kappa shape index (κ1) is 21.6. The number of carbonyl (C=O) groups is 2. The number of amides is 2. The van der Waals surface area contributed by atoms with E-state index in [2.05, 4.69) is 15.5 Å². The smallest absolute Gasteiger partial charge is 0.416 e. The number of hydrogen-bond acceptors (Lipinski definition) is 7. The summed E-state index contributed by atoms with van der Waals surface area (Å²) in [6.07, 6.45) is -0.859. The zero-order chi connectivity index (χ0) is 21.6. The monoisotopic (exact) mass is 439 g/mol. The number of alkyl halides is 3. The average Bonchev–Trinajstić information content (AvgIpc) is 3.04. The maximum Gasteiger partial charge on any atom is 0.416 e. The largest absolute Gasteiger partial charge is 0.476 e. The van der Waals surface area contributed by atoms with Gasteiger partial charge in [-0.25, -0.2) is 4.98 Å². The molecule has 1 aliphatic heterocycles. The van der Waals surface area contributed by atoms with E-state index in [1.165, 1.54) is 18.3 Å². The van der Waals surface area contributed by atoms with E-state index >= 15 is 0 Å². The normalized spacial score (nSPS) is 16.7. The van der Waals surface area contributed by atoms with Gasteiger partial charge in [0.05, 0.1) is 5.56 Å². The van der Waals surface area contributed by atoms with E-state index in [0.29, 0.717) is 17.9 Å². The first-order valence-corrected chi connectivity index (χ1v) is 9.58. The van der Waals surface area contributed by atoms with Crippen molar-refractivity contribution in [2.75, 3.05) is 6.61 Å². The number of imide groups is 1. The van der Waals surface area contributed by atoms with Crippen LogP contribution in [0.2, 0.25) is 0 Å². The average molecular weight is 439 g/mol. The van der Waals surface area contributed by atoms with Gasteiger partial charge in [0.1, 0.15) is 18.5 Å². The molecule has 2 aromatic rings. The number of ether oxygens (including phenoxy) is 1. The van der Waals surface area contributed by atoms with Crippen LogP contribution in [0.25, 0.3) is 0 Å². The van der Waals surface area contributed by atoms with Gasteiger partial charge >= 0.3 is 6.18 Å². The molecule has 1 aromatic carbocycles. The summed E-state index contributed by atoms with van der Waals surface area (Å²) in [5.41, 5.74) is 0.681. The summed E-state index contributed by atoms with van der Waals surface area (Å²) in [6, 6.07) is 8.05. The quantitative estimate of drug-likeness (QED) is 0.500. The highest BCUT2D eigenvalue weighted by atomic mass is 32.2. The molecule has 1 fully saturated rings. The van der Waals surface area contributed by atoms with Crippen LogP contribution >= 0.6 is 11.8 Å². The van der Waals surface area contributed by atoms with Crippen molar-refractivity contribution in [2.45, 2.75) is 24.5 Å². The number of nitrogens with zero attached hydrogens (tertiary/aromatic N) is 2. The molecule has 2 amide bonds. The molecule has 30 heavy (non-hydrogen) atoms. The molecule has 1 aromatic heterocycles. The van der Waals surface area contributed by atoms with Gasteiger partial charge in [-0.2, -0.15) is 13.2 Å². The maximum atomic E-state index is 12.5. The Morgan fingerprint density at radius 3 is 2.47 bits per heavy atom. The van der Waals surface area contributed by atoms with E-state index in [4.69, 9.17) is 9.57 Å². The zero-order valence-corrected chi connectivity index (χ0v) is 16.2. The van der Waals surface area contributed by atoms with Crippen LogP contribution in [0.3, 0.4) is 0 Å². The zero-order valence-electron chi connectivity index (χ0n) is 15.4. The molecule has 158 valence electrons. The van der Waals surface area contributed by atoms with Crippen LogP contribution in [0, 0.1) is 0 Å². The van der Waals surface area contributed by atoms with Crippen LogP contribution in [0.5, 0.6) is 5.88 Å². The Labute approximate surface area is 173 Å². The number of nitrogens with one attached hydrogen (secondary N) is 1. The maximum absolute atomic E-state index is 12.5. The summed E-state index contributed by atoms with van der Waals surface area (Å²) in [5.74, 6) is -0.0591. The fraction of sp³-hybridized carbons (Fsp3) is 0.263. The van der Waals surface area contributed by atoms with E-state index in [1.807, 2.05) is 0 Å². The van der Waals surface area contributed by atoms with Gasteiger partial charge in [-0.3, -0.25) is 14.9 Å². The number of halogens is 3. The SMILES string of the molecule is O=C1NC(=O)C(COc2ccc(CC=NOCc3ccc(C(F)(F)F)cc3)cn2)S1. The van der Waals surface area contributed by atoms with Crippen molar-refractivity contribution >= 4 is 29.1 Å². The molecule has 0 spiro atoms. The van der Waals surface area contributed by atoms with Crippen molar-refractivity contribution < 1.29 is 32.3 Å². The lowest BCUT2D eigenvalue weighted by Gasteiger charge is -2.08. The number of pyridine rings is 1. The van der Waals surface area contributed by atoms with E-state index in [0.717, 1.165) is 29.5 Å². The first-order chi connectivity index (χ1) is 14.3. The second kappa shape index (κ2) is 9.61. The third kappa shape index (κ3) is 6.21. The summed E-state index contributed by atoms with van der Waals surface area (Å²) in [5, 5.41) is 4.97. The van der Waals surface area contributed by atoms with Gasteiger partial charge in [0, 0.05) is 24.9 Å². The van der Waals surface area contributed by atoms with E-state index in [1.54, 1.807) is 18.3 Å². The van der Waals surface area contributed by atoms with E-state index < -0.39 is 22.2 Å². The number of oxime groups is 1. The third-order valence-electron chi connectivity index (χ3n) is 3.94. The molecule has 1 saturated heterocycles. The minimum absolute atomic E-state index is 0.0356. The van der Waals surface area contributed by atoms with E-state index in [-0.39, 0.29) is 19.1 Å². The van der Waals surface area contributed by atoms with Crippen molar-refractivity contribution in [2.24, 2.45) is 5.16 Å². The highest BCUT2D eigenvalue weighted by Crippen LogP contribution is 2.29. The fourth-order valence-electron chi connectivity index (χ4n) is 2.38. The minimum Gasteiger partial charge on any atom is -0.476 e. The molecule has 1 N–H and O–H groups in total. The molecular formula is C19H16F3N3O4S. The van der Waals surface area contributed by atoms with Gasteiger partial charge in [0.2, 0.25) is 11.8 Å². The van der Waals surface area contributed by atoms with Crippen molar-refractivity contribution in [3.05, 3.63) is 59.3 Å². The third-order valence-corrected chi connectivity index (χ3v) is 4.89. The molecule has 3 rings (SSSR count). The molecule has 0 bridgehead atoms. The van der Waals surface area contributed by atoms with Gasteiger partial charge in [-0.05, 0) is 35.0 Å². The van der Waals surface area contributed by atoms with Gasteiger partial charge in [-0.15, -0.1) is 0 Å². The number of benzene rings is 1. The number of rotatable bonds is 8. The Morgan fingerprint density at radius 2 is 1.87 bits per heavy atom. The molecule has 11 heteroatoms. The molecule has 0 radical (unpaired) electrons. The summed E-state index contributed by atoms with van der Waals surface area (Å²) >= 11 is 0.878. The Morgan fingerprint density at radius 1 is 1.13 bits per heavy atom. The summed E-state index contributed by atoms with van der Waals surface area (Å²) < 4.78 is 42.9. The van der Waals surface area contributed by atoms with Crippen LogP contribution in [0.1, 0.15) is 16.7 Å². The number of hydrogen-bond donors (Lipinski definition) is 1. The van der Waals surface area contributed by atoms with Gasteiger partial charge in [0.25, 0.3) is 5.24 Å². The van der Waals surface area contributed by atoms with Crippen molar-refractivity contribution in [3.63, 3.8) is 0 Å². The van der Waals surface area contributed by atoms with Gasteiger partial charge < -0.3 is 9.57 Å². The van der Waals surface area contributed by atoms with Crippen molar-refractivity contribution in [3.8, 4) is 5.88 Å². The molecule has 1 atom stereocenters. The molecule has 0 saturated carbocycles. The second-order valence-corrected chi connectivity index (χ2v) is 7.33. The van der Waals surface area contributed by atoms with Crippen molar-refractivity contribution in [1.29, 1.82) is 0 Å². The number of aromatic nitrogens is 1. The van der Waals surface area contributed by atoms with Crippen LogP contribution in [-0.2, 0) is 28.8 Å². The molecule has 7 nitrogen and oxygen atoms in total. The first-order valence-electron chi connectivity index (χ1n) is 8.70. The molecule has 1 aliphatic rings. The predicted octanol–water partition coefficient (Wildman–Crippen LogP) is 3.58. The van der Waals surface area contributed by atoms with E-state index in [9.17, 15) is 22.8 Å². The fourth-order valence-corrected chi connectivity index (χ4v) is 3.10. The Hall–Kier alpha value is -3.08. The summed E-state index contributed by atoms with van der Waals surface area (Å²) in [4.78, 5) is 31.7. The molecular weight excluding hydrogens is 423 g/mol. The number of thioether (sulfide) groups is 1. The van der Waals surface area contributed by atoms with Crippen LogP contribution in [-0.4, -0.2) is 34.2 Å². The summed E-state index contributed by atoms with van der Waals surface area (Å²) in [7, 11) is 0. The van der Waals surface area contributed by atoms with Crippen molar-refractivity contribution in [1.82, 2.24) is 10.3 Å². The molecule has 2 heterocycles. The minimum atomic E-state index is -4.37. The number of carbonyl (C=O) groups excluding carboxylic acids is 2.